The van der Waals surface area contributed by atoms with Gasteiger partial charge in [0.1, 0.15) is 10.0 Å². The minimum atomic E-state index is -3.94. The lowest BCUT2D eigenvalue weighted by atomic mass is 10.3. The Kier molecular flexibility index (Phi) is 5.33. The van der Waals surface area contributed by atoms with Gasteiger partial charge in [-0.1, -0.05) is 11.3 Å². The number of sulfone groups is 1. The number of rotatable bonds is 5. The van der Waals surface area contributed by atoms with Crippen molar-refractivity contribution in [3.8, 4) is 0 Å². The quantitative estimate of drug-likeness (QED) is 0.476. The van der Waals surface area contributed by atoms with Crippen molar-refractivity contribution in [1.29, 1.82) is 0 Å². The highest BCUT2D eigenvalue weighted by Gasteiger charge is 2.22. The number of anilines is 2. The Morgan fingerprint density at radius 2 is 1.71 bits per heavy atom. The first-order valence-electron chi connectivity index (χ1n) is 7.54. The van der Waals surface area contributed by atoms with Crippen molar-refractivity contribution in [1.82, 2.24) is 4.98 Å². The van der Waals surface area contributed by atoms with E-state index in [4.69, 9.17) is 0 Å². The Hall–Kier alpha value is -3.38. The number of benzene rings is 2. The zero-order valence-electron chi connectivity index (χ0n) is 13.8. The molecule has 3 aromatic rings. The maximum absolute atomic E-state index is 12.9. The Bertz CT molecular complexity index is 1130. The van der Waals surface area contributed by atoms with Gasteiger partial charge in [0.2, 0.25) is 9.84 Å². The zero-order chi connectivity index (χ0) is 20.3. The molecule has 9 nitrogen and oxygen atoms in total. The van der Waals surface area contributed by atoms with Crippen LogP contribution in [0.3, 0.4) is 0 Å². The van der Waals surface area contributed by atoms with Gasteiger partial charge < -0.3 is 5.32 Å². The maximum Gasteiger partial charge on any atom is 0.325 e. The van der Waals surface area contributed by atoms with E-state index in [1.54, 1.807) is 0 Å². The molecule has 0 fully saturated rings. The molecule has 0 saturated carbocycles. The molecule has 0 saturated heterocycles. The molecule has 2 N–H and O–H groups in total. The molecule has 3 rings (SSSR count). The summed E-state index contributed by atoms with van der Waals surface area (Å²) in [5, 5.41) is 15.5. The van der Waals surface area contributed by atoms with Gasteiger partial charge in [0.15, 0.2) is 5.13 Å². The lowest BCUT2D eigenvalue weighted by molar-refractivity contribution is -0.384. The fourth-order valence-corrected chi connectivity index (χ4v) is 4.52. The number of urea groups is 1. The summed E-state index contributed by atoms with van der Waals surface area (Å²) in [6, 6.07) is 8.82. The third kappa shape index (κ3) is 4.29. The van der Waals surface area contributed by atoms with Crippen LogP contribution in [0.25, 0.3) is 0 Å². The first-order chi connectivity index (χ1) is 13.3. The molecule has 0 bridgehead atoms. The maximum atomic E-state index is 12.9. The number of non-ortho nitro benzene ring substituents is 1. The van der Waals surface area contributed by atoms with Crippen LogP contribution in [0.2, 0.25) is 0 Å². The monoisotopic (exact) mass is 422 g/mol. The van der Waals surface area contributed by atoms with E-state index in [2.05, 4.69) is 15.6 Å². The highest BCUT2D eigenvalue weighted by atomic mass is 32.2. The average Bonchev–Trinajstić information content (AvgIpc) is 3.13. The molecule has 2 aromatic carbocycles. The number of carbonyl (C=O) groups excluding carboxylic acids is 1. The number of nitro benzene ring substituents is 1. The summed E-state index contributed by atoms with van der Waals surface area (Å²) in [4.78, 5) is 25.7. The summed E-state index contributed by atoms with van der Waals surface area (Å²) in [5.41, 5.74) is 0.109. The zero-order valence-corrected chi connectivity index (χ0v) is 15.5. The van der Waals surface area contributed by atoms with E-state index in [9.17, 15) is 27.7 Å². The number of aromatic nitrogens is 1. The van der Waals surface area contributed by atoms with Crippen molar-refractivity contribution < 1.29 is 22.5 Å². The first kappa shape index (κ1) is 19.4. The fraction of sp³-hybridized carbons (Fsp3) is 0. The number of hydrogen-bond donors (Lipinski definition) is 2. The largest absolute Gasteiger partial charge is 0.325 e. The van der Waals surface area contributed by atoms with E-state index in [0.717, 1.165) is 41.8 Å². The number of amides is 2. The van der Waals surface area contributed by atoms with E-state index in [1.165, 1.54) is 24.3 Å². The van der Waals surface area contributed by atoms with E-state index >= 15 is 0 Å². The van der Waals surface area contributed by atoms with Crippen LogP contribution in [-0.2, 0) is 9.84 Å². The summed E-state index contributed by atoms with van der Waals surface area (Å²) in [6.07, 6.45) is 1.08. The van der Waals surface area contributed by atoms with E-state index < -0.39 is 26.6 Å². The van der Waals surface area contributed by atoms with Gasteiger partial charge in [0.05, 0.1) is 16.0 Å². The van der Waals surface area contributed by atoms with Crippen molar-refractivity contribution in [3.05, 3.63) is 70.7 Å². The van der Waals surface area contributed by atoms with Gasteiger partial charge in [0, 0.05) is 17.8 Å². The molecule has 0 aliphatic carbocycles. The molecule has 0 radical (unpaired) electrons. The Labute approximate surface area is 161 Å². The van der Waals surface area contributed by atoms with Gasteiger partial charge in [-0.25, -0.2) is 22.6 Å². The molecular formula is C16H11FN4O5S2. The van der Waals surface area contributed by atoms with Crippen LogP contribution in [0.5, 0.6) is 0 Å². The van der Waals surface area contributed by atoms with Crippen molar-refractivity contribution in [2.24, 2.45) is 0 Å². The number of thiazole rings is 1. The van der Waals surface area contributed by atoms with Crippen molar-refractivity contribution in [2.45, 2.75) is 9.10 Å². The Morgan fingerprint density at radius 1 is 1.07 bits per heavy atom. The van der Waals surface area contributed by atoms with E-state index in [0.29, 0.717) is 5.69 Å². The lowest BCUT2D eigenvalue weighted by Gasteiger charge is -2.05. The third-order valence-corrected chi connectivity index (χ3v) is 6.57. The summed E-state index contributed by atoms with van der Waals surface area (Å²) in [5.74, 6) is -0.452. The van der Waals surface area contributed by atoms with Gasteiger partial charge in [0.25, 0.3) is 5.69 Å². The van der Waals surface area contributed by atoms with Gasteiger partial charge >= 0.3 is 6.03 Å². The number of halogens is 1. The van der Waals surface area contributed by atoms with Crippen LogP contribution < -0.4 is 10.6 Å². The molecule has 12 heteroatoms. The lowest BCUT2D eigenvalue weighted by Crippen LogP contribution is -2.19. The number of carbonyl (C=O) groups is 1. The Morgan fingerprint density at radius 3 is 2.32 bits per heavy atom. The Balaban J connectivity index is 1.72. The second-order valence-corrected chi connectivity index (χ2v) is 8.53. The summed E-state index contributed by atoms with van der Waals surface area (Å²) in [6.45, 7) is 0. The number of nitrogens with one attached hydrogen (secondary N) is 2. The van der Waals surface area contributed by atoms with Crippen LogP contribution in [0.1, 0.15) is 0 Å². The van der Waals surface area contributed by atoms with Crippen LogP contribution in [0, 0.1) is 15.9 Å². The molecular weight excluding hydrogens is 411 g/mol. The van der Waals surface area contributed by atoms with Crippen molar-refractivity contribution >= 4 is 43.7 Å². The highest BCUT2D eigenvalue weighted by Crippen LogP contribution is 2.29. The third-order valence-electron chi connectivity index (χ3n) is 3.43. The van der Waals surface area contributed by atoms with Crippen molar-refractivity contribution in [3.63, 3.8) is 0 Å². The average molecular weight is 422 g/mol. The summed E-state index contributed by atoms with van der Waals surface area (Å²) < 4.78 is 37.9. The van der Waals surface area contributed by atoms with Crippen LogP contribution >= 0.6 is 11.3 Å². The van der Waals surface area contributed by atoms with Gasteiger partial charge in [-0.3, -0.25) is 15.4 Å². The van der Waals surface area contributed by atoms with Crippen LogP contribution in [0.4, 0.5) is 25.7 Å². The van der Waals surface area contributed by atoms with Gasteiger partial charge in [-0.05, 0) is 36.4 Å². The fourth-order valence-electron chi connectivity index (χ4n) is 2.10. The molecule has 1 heterocycles. The molecule has 0 spiro atoms. The van der Waals surface area contributed by atoms with Crippen LogP contribution in [-0.4, -0.2) is 24.4 Å². The SMILES string of the molecule is O=C(Nc1ccc(F)cc1)Nc1ncc(S(=O)(=O)c2ccc([N+](=O)[O-])cc2)s1. The predicted molar refractivity (Wildman–Crippen MR) is 99.7 cm³/mol. The second-order valence-electron chi connectivity index (χ2n) is 5.32. The molecule has 1 aromatic heterocycles. The van der Waals surface area contributed by atoms with E-state index in [-0.39, 0.29) is 19.9 Å². The van der Waals surface area contributed by atoms with Gasteiger partial charge in [-0.2, -0.15) is 0 Å². The molecule has 144 valence electrons. The standard InChI is InChI=1S/C16H11FN4O5S2/c17-10-1-3-11(4-2-10)19-15(22)20-16-18-9-14(27-16)28(25,26)13-7-5-12(6-8-13)21(23)24/h1-9H,(H2,18,19,20,22). The molecule has 2 amide bonds. The van der Waals surface area contributed by atoms with Crippen molar-refractivity contribution in [2.75, 3.05) is 10.6 Å². The molecule has 28 heavy (non-hydrogen) atoms. The predicted octanol–water partition coefficient (Wildman–Crippen LogP) is 3.67. The highest BCUT2D eigenvalue weighted by molar-refractivity contribution is 7.93. The number of hydrogen-bond acceptors (Lipinski definition) is 7. The first-order valence-corrected chi connectivity index (χ1v) is 9.84. The molecule has 0 aliphatic heterocycles. The number of nitrogens with zero attached hydrogens (tertiary/aromatic N) is 2. The normalized spacial score (nSPS) is 11.0. The summed E-state index contributed by atoms with van der Waals surface area (Å²) in [7, 11) is -3.94. The topological polar surface area (TPSA) is 131 Å². The summed E-state index contributed by atoms with van der Waals surface area (Å²) >= 11 is 0.722. The van der Waals surface area contributed by atoms with Gasteiger partial charge in [-0.15, -0.1) is 0 Å². The number of nitro groups is 1. The molecule has 0 unspecified atom stereocenters. The van der Waals surface area contributed by atoms with Crippen LogP contribution in [0.15, 0.2) is 63.8 Å². The second kappa shape index (κ2) is 7.70. The molecule has 0 atom stereocenters. The van der Waals surface area contributed by atoms with E-state index in [1.807, 2.05) is 0 Å². The minimum Gasteiger partial charge on any atom is -0.308 e. The smallest absolute Gasteiger partial charge is 0.308 e. The minimum absolute atomic E-state index is 0.0279. The molecule has 0 aliphatic rings.